The second-order valence-electron chi connectivity index (χ2n) is 9.35. The maximum atomic E-state index is 14.1. The van der Waals surface area contributed by atoms with Crippen molar-refractivity contribution in [3.8, 4) is 10.4 Å². The Hall–Kier alpha value is -2.87. The Morgan fingerprint density at radius 2 is 1.97 bits per heavy atom. The summed E-state index contributed by atoms with van der Waals surface area (Å²) in [7, 11) is 0. The van der Waals surface area contributed by atoms with Gasteiger partial charge in [0.05, 0.1) is 11.0 Å². The van der Waals surface area contributed by atoms with Crippen LogP contribution in [0.2, 0.25) is 0 Å². The summed E-state index contributed by atoms with van der Waals surface area (Å²) in [5, 5.41) is 14.1. The molecular weight excluding hydrogens is 521 g/mol. The van der Waals surface area contributed by atoms with Crippen LogP contribution in [0.5, 0.6) is 0 Å². The second-order valence-corrected chi connectivity index (χ2v) is 10.3. The number of aliphatic hydroxyl groups excluding tert-OH is 1. The van der Waals surface area contributed by atoms with Crippen LogP contribution in [-0.2, 0) is 0 Å². The molecule has 2 amide bonds. The van der Waals surface area contributed by atoms with Crippen LogP contribution in [0.15, 0.2) is 12.3 Å². The first kappa shape index (κ1) is 27.2. The van der Waals surface area contributed by atoms with Crippen LogP contribution < -0.4 is 10.6 Å². The van der Waals surface area contributed by atoms with E-state index in [0.29, 0.717) is 19.4 Å². The van der Waals surface area contributed by atoms with Crippen molar-refractivity contribution in [1.29, 1.82) is 0 Å². The number of thiazole rings is 1. The highest BCUT2D eigenvalue weighted by molar-refractivity contribution is 7.17. The predicted octanol–water partition coefficient (Wildman–Crippen LogP) is 4.38. The van der Waals surface area contributed by atoms with Crippen molar-refractivity contribution in [3.05, 3.63) is 28.5 Å². The van der Waals surface area contributed by atoms with E-state index in [1.807, 2.05) is 6.92 Å². The van der Waals surface area contributed by atoms with E-state index >= 15 is 0 Å². The third kappa shape index (κ3) is 5.84. The van der Waals surface area contributed by atoms with E-state index in [0.717, 1.165) is 43.4 Å². The molecule has 3 N–H and O–H groups in total. The Morgan fingerprint density at radius 1 is 1.27 bits per heavy atom. The lowest BCUT2D eigenvalue weighted by atomic mass is 9.89. The van der Waals surface area contributed by atoms with E-state index in [4.69, 9.17) is 0 Å². The molecule has 8 nitrogen and oxygen atoms in total. The summed E-state index contributed by atoms with van der Waals surface area (Å²) in [5.41, 5.74) is -1.02. The third-order valence-corrected chi connectivity index (χ3v) is 7.64. The largest absolute Gasteiger partial charge is 0.408 e. The topological polar surface area (TPSA) is 107 Å². The molecule has 0 radical (unpaired) electrons. The summed E-state index contributed by atoms with van der Waals surface area (Å²) >= 11 is 0.735. The number of carbonyl (C=O) groups excluding carboxylic acids is 2. The molecule has 2 aromatic rings. The molecule has 2 aromatic heterocycles. The van der Waals surface area contributed by atoms with E-state index in [9.17, 15) is 36.6 Å². The van der Waals surface area contributed by atoms with Gasteiger partial charge in [-0.2, -0.15) is 13.2 Å². The van der Waals surface area contributed by atoms with Gasteiger partial charge in [-0.3, -0.25) is 9.59 Å². The molecule has 2 fully saturated rings. The van der Waals surface area contributed by atoms with Gasteiger partial charge in [0.1, 0.15) is 17.6 Å². The minimum Gasteiger partial charge on any atom is -0.393 e. The minimum absolute atomic E-state index is 0.0129. The van der Waals surface area contributed by atoms with Crippen LogP contribution in [0.4, 0.5) is 27.8 Å². The van der Waals surface area contributed by atoms with Crippen LogP contribution in [0.3, 0.4) is 0 Å². The Labute approximate surface area is 213 Å². The molecular formula is C23H26F5N5O3S. The molecule has 0 spiro atoms. The van der Waals surface area contributed by atoms with Gasteiger partial charge in [0.25, 0.3) is 18.2 Å². The zero-order valence-corrected chi connectivity index (χ0v) is 20.8. The first-order valence-electron chi connectivity index (χ1n) is 11.8. The van der Waals surface area contributed by atoms with E-state index in [-0.39, 0.29) is 33.2 Å². The highest BCUT2D eigenvalue weighted by Gasteiger charge is 2.37. The number of nitrogens with zero attached hydrogens (tertiary/aromatic N) is 3. The van der Waals surface area contributed by atoms with E-state index in [1.165, 1.54) is 0 Å². The van der Waals surface area contributed by atoms with E-state index in [1.54, 1.807) is 4.90 Å². The summed E-state index contributed by atoms with van der Waals surface area (Å²) in [4.78, 5) is 35.8. The Balaban J connectivity index is 1.73. The zero-order valence-electron chi connectivity index (χ0n) is 20.0. The van der Waals surface area contributed by atoms with Gasteiger partial charge < -0.3 is 20.6 Å². The highest BCUT2D eigenvalue weighted by atomic mass is 32.1. The SMILES string of the molecule is C[C@H]1CCCN1C(=O)c1nc(C(=O)NC2CC(O)C2)sc1-c1cnc(N[C@H](C)C(F)(F)F)cc1C(F)F. The number of pyridine rings is 1. The number of likely N-dealkylation sites (tertiary alicyclic amines) is 1. The van der Waals surface area contributed by atoms with Gasteiger partial charge in [0.2, 0.25) is 0 Å². The number of nitrogens with one attached hydrogen (secondary N) is 2. The van der Waals surface area contributed by atoms with Crippen molar-refractivity contribution in [1.82, 2.24) is 20.2 Å². The monoisotopic (exact) mass is 547 g/mol. The number of hydrogen-bond acceptors (Lipinski definition) is 7. The van der Waals surface area contributed by atoms with Gasteiger partial charge in [-0.15, -0.1) is 11.3 Å². The van der Waals surface area contributed by atoms with Crippen molar-refractivity contribution >= 4 is 29.0 Å². The summed E-state index contributed by atoms with van der Waals surface area (Å²) in [6, 6.07) is -1.61. The Kier molecular flexibility index (Phi) is 7.70. The molecule has 1 saturated carbocycles. The molecule has 0 unspecified atom stereocenters. The predicted molar refractivity (Wildman–Crippen MR) is 126 cm³/mol. The number of alkyl halides is 5. The summed E-state index contributed by atoms with van der Waals surface area (Å²) in [6.07, 6.45) is -5.03. The van der Waals surface area contributed by atoms with Gasteiger partial charge in [-0.05, 0) is 45.6 Å². The number of hydrogen-bond donors (Lipinski definition) is 3. The van der Waals surface area contributed by atoms with Gasteiger partial charge in [-0.25, -0.2) is 18.7 Å². The lowest BCUT2D eigenvalue weighted by molar-refractivity contribution is -0.138. The minimum atomic E-state index is -4.62. The normalized spacial score (nSPS) is 22.6. The van der Waals surface area contributed by atoms with Crippen molar-refractivity contribution in [2.24, 2.45) is 0 Å². The third-order valence-electron chi connectivity index (χ3n) is 6.56. The number of halogens is 5. The Morgan fingerprint density at radius 3 is 2.54 bits per heavy atom. The fourth-order valence-corrected chi connectivity index (χ4v) is 5.28. The Bertz CT molecular complexity index is 1170. The maximum absolute atomic E-state index is 14.1. The van der Waals surface area contributed by atoms with Gasteiger partial charge >= 0.3 is 6.18 Å². The maximum Gasteiger partial charge on any atom is 0.408 e. The summed E-state index contributed by atoms with van der Waals surface area (Å²) in [5.74, 6) is -1.54. The number of anilines is 1. The first-order chi connectivity index (χ1) is 17.3. The number of aliphatic hydroxyl groups is 1. The van der Waals surface area contributed by atoms with Crippen molar-refractivity contribution in [2.75, 3.05) is 11.9 Å². The van der Waals surface area contributed by atoms with E-state index < -0.39 is 47.9 Å². The molecule has 1 saturated heterocycles. The average Bonchev–Trinajstić information content (AvgIpc) is 3.43. The standard InChI is InChI=1S/C23H26F5N5O3S/c1-10-4-3-5-33(10)22(36)17-18(37-21(32-17)20(35)31-12-6-13(34)7-12)15-9-29-16(8-14(15)19(24)25)30-11(2)23(26,27)28/h8-13,19,34H,3-7H2,1-2H3,(H,29,30)(H,31,35)/t10-,11+,12?,13?/m0/s1. The van der Waals surface area contributed by atoms with Gasteiger partial charge in [0, 0.05) is 36.0 Å². The summed E-state index contributed by atoms with van der Waals surface area (Å²) < 4.78 is 67.0. The molecule has 0 bridgehead atoms. The van der Waals surface area contributed by atoms with Crippen LogP contribution in [-0.4, -0.2) is 68.7 Å². The van der Waals surface area contributed by atoms with Crippen LogP contribution in [0.1, 0.15) is 71.8 Å². The molecule has 2 atom stereocenters. The zero-order chi connectivity index (χ0) is 27.1. The van der Waals surface area contributed by atoms with Crippen LogP contribution >= 0.6 is 11.3 Å². The molecule has 4 rings (SSSR count). The molecule has 14 heteroatoms. The number of rotatable bonds is 7. The molecule has 3 heterocycles. The lowest BCUT2D eigenvalue weighted by Gasteiger charge is -2.31. The number of aromatic nitrogens is 2. The fraction of sp³-hybridized carbons (Fsp3) is 0.565. The van der Waals surface area contributed by atoms with Crippen molar-refractivity contribution < 1.29 is 36.6 Å². The molecule has 2 aliphatic rings. The first-order valence-corrected chi connectivity index (χ1v) is 12.6. The van der Waals surface area contributed by atoms with Gasteiger partial charge in [-0.1, -0.05) is 0 Å². The lowest BCUT2D eigenvalue weighted by Crippen LogP contribution is -2.46. The number of carbonyl (C=O) groups is 2. The molecule has 37 heavy (non-hydrogen) atoms. The molecule has 1 aliphatic heterocycles. The average molecular weight is 548 g/mol. The fourth-order valence-electron chi connectivity index (χ4n) is 4.29. The summed E-state index contributed by atoms with van der Waals surface area (Å²) in [6.45, 7) is 3.12. The van der Waals surface area contributed by atoms with Crippen molar-refractivity contribution in [3.63, 3.8) is 0 Å². The highest BCUT2D eigenvalue weighted by Crippen LogP contribution is 2.39. The molecule has 1 aliphatic carbocycles. The quantitative estimate of drug-likeness (QED) is 0.444. The second kappa shape index (κ2) is 10.5. The van der Waals surface area contributed by atoms with Gasteiger partial charge in [0.15, 0.2) is 5.01 Å². The van der Waals surface area contributed by atoms with E-state index in [2.05, 4.69) is 20.6 Å². The van der Waals surface area contributed by atoms with Crippen molar-refractivity contribution in [2.45, 2.75) is 76.4 Å². The smallest absolute Gasteiger partial charge is 0.393 e. The number of amides is 2. The molecule has 0 aromatic carbocycles. The molecule has 202 valence electrons. The van der Waals surface area contributed by atoms with Crippen LogP contribution in [0.25, 0.3) is 10.4 Å². The van der Waals surface area contributed by atoms with Crippen LogP contribution in [0, 0.1) is 0 Å².